The molecule has 0 aliphatic heterocycles. The van der Waals surface area contributed by atoms with Gasteiger partial charge in [0.15, 0.2) is 5.69 Å². The van der Waals surface area contributed by atoms with Crippen molar-refractivity contribution in [1.82, 2.24) is 9.97 Å². The summed E-state index contributed by atoms with van der Waals surface area (Å²) in [5.41, 5.74) is -3.93. The van der Waals surface area contributed by atoms with Gasteiger partial charge in [0, 0.05) is 6.07 Å². The number of halogens is 7. The van der Waals surface area contributed by atoms with Crippen LogP contribution in [0.15, 0.2) is 24.3 Å². The number of nitrogens with zero attached hydrogens (tertiary/aromatic N) is 2. The van der Waals surface area contributed by atoms with E-state index < -0.39 is 59.5 Å². The Morgan fingerprint density at radius 1 is 1.03 bits per heavy atom. The van der Waals surface area contributed by atoms with Gasteiger partial charge in [0.1, 0.15) is 11.6 Å². The summed E-state index contributed by atoms with van der Waals surface area (Å²) in [6, 6.07) is 1.78. The number of hydrogen-bond donors (Lipinski definition) is 3. The van der Waals surface area contributed by atoms with Crippen molar-refractivity contribution in [3.63, 3.8) is 0 Å². The first-order valence-electron chi connectivity index (χ1n) is 8.29. The average molecular weight is 426 g/mol. The molecule has 12 heteroatoms. The van der Waals surface area contributed by atoms with E-state index in [1.807, 2.05) is 5.32 Å². The first kappa shape index (κ1) is 22.7. The highest BCUT2D eigenvalue weighted by atomic mass is 19.4. The fourth-order valence-corrected chi connectivity index (χ4v) is 2.33. The predicted octanol–water partition coefficient (Wildman–Crippen LogP) is 4.83. The average Bonchev–Trinajstić information content (AvgIpc) is 2.59. The molecule has 0 amide bonds. The van der Waals surface area contributed by atoms with E-state index in [9.17, 15) is 35.8 Å². The van der Waals surface area contributed by atoms with Crippen molar-refractivity contribution in [2.45, 2.75) is 32.2 Å². The van der Waals surface area contributed by atoms with E-state index in [4.69, 9.17) is 0 Å². The largest absolute Gasteiger partial charge is 0.433 e. The zero-order valence-corrected chi connectivity index (χ0v) is 15.2. The summed E-state index contributed by atoms with van der Waals surface area (Å²) in [6.45, 7) is 2.90. The normalized spacial score (nSPS) is 13.5. The van der Waals surface area contributed by atoms with Crippen molar-refractivity contribution in [2.24, 2.45) is 5.92 Å². The Bertz CT molecular complexity index is 853. The van der Waals surface area contributed by atoms with Gasteiger partial charge in [-0.2, -0.15) is 31.3 Å². The molecular formula is C17H17F7N4O. The number of aliphatic hydroxyl groups excluding tert-OH is 1. The van der Waals surface area contributed by atoms with Crippen LogP contribution in [0.5, 0.6) is 0 Å². The van der Waals surface area contributed by atoms with Crippen LogP contribution in [0, 0.1) is 11.7 Å². The number of aliphatic hydroxyl groups is 1. The van der Waals surface area contributed by atoms with E-state index in [0.717, 1.165) is 12.1 Å². The number of anilines is 3. The van der Waals surface area contributed by atoms with Gasteiger partial charge in [0.25, 0.3) is 0 Å². The Morgan fingerprint density at radius 3 is 2.21 bits per heavy atom. The topological polar surface area (TPSA) is 70.1 Å². The summed E-state index contributed by atoms with van der Waals surface area (Å²) in [5, 5.41) is 13.8. The van der Waals surface area contributed by atoms with Crippen molar-refractivity contribution in [3.8, 4) is 0 Å². The number of alkyl halides is 6. The lowest BCUT2D eigenvalue weighted by Gasteiger charge is -2.21. The third-order valence-electron chi connectivity index (χ3n) is 3.90. The van der Waals surface area contributed by atoms with Crippen molar-refractivity contribution < 1.29 is 35.8 Å². The Balaban J connectivity index is 2.52. The fraction of sp³-hybridized carbons (Fsp3) is 0.412. The molecule has 1 aromatic carbocycles. The quantitative estimate of drug-likeness (QED) is 0.578. The van der Waals surface area contributed by atoms with Crippen LogP contribution in [0.3, 0.4) is 0 Å². The van der Waals surface area contributed by atoms with Crippen molar-refractivity contribution in [1.29, 1.82) is 0 Å². The number of nitrogens with one attached hydrogen (secondary N) is 2. The lowest BCUT2D eigenvalue weighted by Crippen LogP contribution is -2.30. The van der Waals surface area contributed by atoms with Crippen LogP contribution in [0.25, 0.3) is 0 Å². The molecule has 0 saturated carbocycles. The van der Waals surface area contributed by atoms with E-state index >= 15 is 0 Å². The molecule has 29 heavy (non-hydrogen) atoms. The third kappa shape index (κ3) is 5.68. The van der Waals surface area contributed by atoms with Crippen molar-refractivity contribution in [3.05, 3.63) is 41.3 Å². The number of hydrogen-bond acceptors (Lipinski definition) is 5. The molecule has 0 radical (unpaired) electrons. The van der Waals surface area contributed by atoms with Gasteiger partial charge in [0.05, 0.1) is 23.9 Å². The molecular weight excluding hydrogens is 409 g/mol. The van der Waals surface area contributed by atoms with Crippen molar-refractivity contribution >= 4 is 17.5 Å². The molecule has 5 nitrogen and oxygen atoms in total. The maximum Gasteiger partial charge on any atom is 0.433 e. The fourth-order valence-electron chi connectivity index (χ4n) is 2.33. The molecule has 0 fully saturated rings. The molecule has 0 bridgehead atoms. The molecule has 0 spiro atoms. The highest BCUT2D eigenvalue weighted by Gasteiger charge is 2.36. The second-order valence-electron chi connectivity index (χ2n) is 6.42. The highest BCUT2D eigenvalue weighted by molar-refractivity contribution is 5.63. The molecule has 0 unspecified atom stereocenters. The SMILES string of the molecule is CC(C)[C@@H](CO)Nc1nc(Nc2c(F)cccc2C(F)(F)F)cc(C(F)(F)F)n1. The Morgan fingerprint density at radius 2 is 1.69 bits per heavy atom. The number of aromatic nitrogens is 2. The van der Waals surface area contributed by atoms with Crippen LogP contribution in [-0.4, -0.2) is 27.7 Å². The molecule has 3 N–H and O–H groups in total. The Labute approximate surface area is 161 Å². The molecule has 0 aliphatic rings. The molecule has 2 rings (SSSR count). The molecule has 2 aromatic rings. The van der Waals surface area contributed by atoms with Crippen LogP contribution in [0.2, 0.25) is 0 Å². The molecule has 0 saturated heterocycles. The maximum absolute atomic E-state index is 14.0. The smallest absolute Gasteiger partial charge is 0.394 e. The van der Waals surface area contributed by atoms with Crippen LogP contribution >= 0.6 is 0 Å². The number of para-hydroxylation sites is 1. The standard InChI is InChI=1S/C17H17F7N4O/c1-8(2)11(7-29)25-15-26-12(17(22,23)24)6-13(28-15)27-14-9(16(19,20)21)4-3-5-10(14)18/h3-6,8,11,29H,7H2,1-2H3,(H2,25,26,27,28)/t11-/m1/s1. The monoisotopic (exact) mass is 426 g/mol. The third-order valence-corrected chi connectivity index (χ3v) is 3.90. The van der Waals surface area contributed by atoms with Crippen LogP contribution in [0.4, 0.5) is 48.2 Å². The van der Waals surface area contributed by atoms with Gasteiger partial charge in [-0.3, -0.25) is 0 Å². The van der Waals surface area contributed by atoms with Crippen LogP contribution < -0.4 is 10.6 Å². The second kappa shape index (κ2) is 8.39. The van der Waals surface area contributed by atoms with Gasteiger partial charge < -0.3 is 15.7 Å². The second-order valence-corrected chi connectivity index (χ2v) is 6.42. The summed E-state index contributed by atoms with van der Waals surface area (Å²) >= 11 is 0. The minimum Gasteiger partial charge on any atom is -0.394 e. The zero-order chi connectivity index (χ0) is 22.0. The van der Waals surface area contributed by atoms with Gasteiger partial charge in [-0.1, -0.05) is 19.9 Å². The van der Waals surface area contributed by atoms with E-state index in [2.05, 4.69) is 15.3 Å². The molecule has 1 atom stereocenters. The Hall–Kier alpha value is -2.63. The maximum atomic E-state index is 14.0. The van der Waals surface area contributed by atoms with Gasteiger partial charge in [-0.05, 0) is 18.1 Å². The first-order valence-corrected chi connectivity index (χ1v) is 8.29. The first-order chi connectivity index (χ1) is 13.3. The van der Waals surface area contributed by atoms with Gasteiger partial charge in [-0.15, -0.1) is 0 Å². The number of benzene rings is 1. The van der Waals surface area contributed by atoms with E-state index in [1.54, 1.807) is 13.8 Å². The minimum absolute atomic E-state index is 0.224. The van der Waals surface area contributed by atoms with E-state index in [1.165, 1.54) is 0 Å². The van der Waals surface area contributed by atoms with E-state index in [-0.39, 0.29) is 5.92 Å². The molecule has 1 aromatic heterocycles. The summed E-state index contributed by atoms with van der Waals surface area (Å²) in [4.78, 5) is 6.99. The van der Waals surface area contributed by atoms with Crippen LogP contribution in [0.1, 0.15) is 25.1 Å². The van der Waals surface area contributed by atoms with Gasteiger partial charge >= 0.3 is 12.4 Å². The van der Waals surface area contributed by atoms with Gasteiger partial charge in [0.2, 0.25) is 5.95 Å². The summed E-state index contributed by atoms with van der Waals surface area (Å²) in [5.74, 6) is -2.83. The Kier molecular flexibility index (Phi) is 6.56. The summed E-state index contributed by atoms with van der Waals surface area (Å²) in [7, 11) is 0. The molecule has 160 valence electrons. The molecule has 0 aliphatic carbocycles. The minimum atomic E-state index is -4.95. The highest BCUT2D eigenvalue weighted by Crippen LogP contribution is 2.38. The summed E-state index contributed by atoms with van der Waals surface area (Å²) in [6.07, 6.45) is -9.89. The lowest BCUT2D eigenvalue weighted by molar-refractivity contribution is -0.141. The molecule has 1 heterocycles. The van der Waals surface area contributed by atoms with Crippen molar-refractivity contribution in [2.75, 3.05) is 17.2 Å². The zero-order valence-electron chi connectivity index (χ0n) is 15.2. The van der Waals surface area contributed by atoms with Crippen LogP contribution in [-0.2, 0) is 12.4 Å². The van der Waals surface area contributed by atoms with E-state index in [0.29, 0.717) is 12.1 Å². The predicted molar refractivity (Wildman–Crippen MR) is 91.1 cm³/mol. The summed E-state index contributed by atoms with van der Waals surface area (Å²) < 4.78 is 92.9. The lowest BCUT2D eigenvalue weighted by atomic mass is 10.1. The number of rotatable bonds is 6. The van der Waals surface area contributed by atoms with Gasteiger partial charge in [-0.25, -0.2) is 9.37 Å².